The van der Waals surface area contributed by atoms with Gasteiger partial charge in [-0.05, 0) is 28.8 Å². The first-order valence-electron chi connectivity index (χ1n) is 4.96. The molecular formula is C10H16N2O2S. The molecular weight excluding hydrogens is 212 g/mol. The van der Waals surface area contributed by atoms with E-state index >= 15 is 0 Å². The highest BCUT2D eigenvalue weighted by molar-refractivity contribution is 7.07. The summed E-state index contributed by atoms with van der Waals surface area (Å²) < 4.78 is 0. The third kappa shape index (κ3) is 4.31. The normalized spacial score (nSPS) is 12.1. The van der Waals surface area contributed by atoms with Gasteiger partial charge in [-0.2, -0.15) is 11.3 Å². The summed E-state index contributed by atoms with van der Waals surface area (Å²) in [5, 5.41) is 18.7. The van der Waals surface area contributed by atoms with E-state index in [2.05, 4.69) is 10.6 Å². The maximum absolute atomic E-state index is 11.1. The van der Waals surface area contributed by atoms with E-state index in [1.165, 1.54) is 11.3 Å². The zero-order valence-electron chi connectivity index (χ0n) is 8.69. The molecule has 0 aromatic carbocycles. The minimum atomic E-state index is -0.622. The summed E-state index contributed by atoms with van der Waals surface area (Å²) in [7, 11) is 0. The number of hydrogen-bond donors (Lipinski definition) is 3. The van der Waals surface area contributed by atoms with Gasteiger partial charge in [-0.3, -0.25) is 0 Å². The Bertz CT molecular complexity index is 288. The highest BCUT2D eigenvalue weighted by Gasteiger charge is 2.08. The third-order valence-electron chi connectivity index (χ3n) is 1.92. The molecule has 1 atom stereocenters. The number of carbonyl (C=O) groups excluding carboxylic acids is 1. The number of aliphatic hydroxyl groups excluding tert-OH is 1. The van der Waals surface area contributed by atoms with Crippen LogP contribution in [-0.4, -0.2) is 24.2 Å². The Morgan fingerprint density at radius 1 is 1.60 bits per heavy atom. The number of urea groups is 1. The van der Waals surface area contributed by atoms with Crippen molar-refractivity contribution < 1.29 is 9.90 Å². The van der Waals surface area contributed by atoms with Crippen molar-refractivity contribution in [3.05, 3.63) is 22.4 Å². The van der Waals surface area contributed by atoms with Gasteiger partial charge in [-0.1, -0.05) is 6.92 Å². The van der Waals surface area contributed by atoms with Gasteiger partial charge in [0.15, 0.2) is 0 Å². The van der Waals surface area contributed by atoms with E-state index < -0.39 is 6.10 Å². The zero-order valence-corrected chi connectivity index (χ0v) is 9.51. The van der Waals surface area contributed by atoms with Gasteiger partial charge < -0.3 is 15.7 Å². The van der Waals surface area contributed by atoms with Crippen molar-refractivity contribution >= 4 is 17.4 Å². The van der Waals surface area contributed by atoms with Crippen LogP contribution in [0.15, 0.2) is 16.8 Å². The summed E-state index contributed by atoms with van der Waals surface area (Å²) in [6.07, 6.45) is 0.282. The lowest BCUT2D eigenvalue weighted by atomic mass is 10.2. The molecule has 0 bridgehead atoms. The van der Waals surface area contributed by atoms with Gasteiger partial charge in [0, 0.05) is 13.1 Å². The van der Waals surface area contributed by atoms with E-state index in [-0.39, 0.29) is 12.6 Å². The zero-order chi connectivity index (χ0) is 11.1. The Hall–Kier alpha value is -1.07. The van der Waals surface area contributed by atoms with Gasteiger partial charge in [0.05, 0.1) is 6.10 Å². The molecule has 15 heavy (non-hydrogen) atoms. The van der Waals surface area contributed by atoms with Crippen LogP contribution in [0.5, 0.6) is 0 Å². The highest BCUT2D eigenvalue weighted by Crippen LogP contribution is 2.14. The fourth-order valence-corrected chi connectivity index (χ4v) is 1.78. The molecule has 0 aliphatic rings. The maximum atomic E-state index is 11.1. The van der Waals surface area contributed by atoms with Gasteiger partial charge in [0.2, 0.25) is 0 Å². The molecule has 0 saturated carbocycles. The average molecular weight is 228 g/mol. The topological polar surface area (TPSA) is 61.4 Å². The molecule has 1 unspecified atom stereocenters. The van der Waals surface area contributed by atoms with E-state index in [9.17, 15) is 9.90 Å². The van der Waals surface area contributed by atoms with Crippen molar-refractivity contribution in [3.63, 3.8) is 0 Å². The van der Waals surface area contributed by atoms with Crippen LogP contribution in [0, 0.1) is 0 Å². The maximum Gasteiger partial charge on any atom is 0.314 e. The SMILES string of the molecule is CCCNC(=O)NCC(O)c1ccsc1. The Morgan fingerprint density at radius 3 is 3.00 bits per heavy atom. The van der Waals surface area contributed by atoms with Crippen LogP contribution in [0.3, 0.4) is 0 Å². The van der Waals surface area contributed by atoms with E-state index in [1.807, 2.05) is 23.8 Å². The number of rotatable bonds is 5. The van der Waals surface area contributed by atoms with Crippen molar-refractivity contribution in [2.75, 3.05) is 13.1 Å². The number of amides is 2. The van der Waals surface area contributed by atoms with Crippen LogP contribution in [0.1, 0.15) is 25.0 Å². The standard InChI is InChI=1S/C10H16N2O2S/c1-2-4-11-10(14)12-6-9(13)8-3-5-15-7-8/h3,5,7,9,13H,2,4,6H2,1H3,(H2,11,12,14). The molecule has 2 amide bonds. The number of hydrogen-bond acceptors (Lipinski definition) is 3. The highest BCUT2D eigenvalue weighted by atomic mass is 32.1. The predicted molar refractivity (Wildman–Crippen MR) is 61.0 cm³/mol. The summed E-state index contributed by atoms with van der Waals surface area (Å²) in [6.45, 7) is 2.88. The second kappa shape index (κ2) is 6.42. The van der Waals surface area contributed by atoms with E-state index in [0.717, 1.165) is 12.0 Å². The van der Waals surface area contributed by atoms with Gasteiger partial charge >= 0.3 is 6.03 Å². The monoisotopic (exact) mass is 228 g/mol. The first-order valence-corrected chi connectivity index (χ1v) is 5.90. The second-order valence-corrected chi connectivity index (χ2v) is 3.99. The fraction of sp³-hybridized carbons (Fsp3) is 0.500. The van der Waals surface area contributed by atoms with Crippen molar-refractivity contribution in [2.24, 2.45) is 0 Å². The van der Waals surface area contributed by atoms with Crippen molar-refractivity contribution in [1.29, 1.82) is 0 Å². The van der Waals surface area contributed by atoms with E-state index in [4.69, 9.17) is 0 Å². The number of thiophene rings is 1. The van der Waals surface area contributed by atoms with Crippen molar-refractivity contribution in [2.45, 2.75) is 19.4 Å². The lowest BCUT2D eigenvalue weighted by Crippen LogP contribution is -2.38. The number of aliphatic hydroxyl groups is 1. The van der Waals surface area contributed by atoms with Gasteiger partial charge in [-0.15, -0.1) is 0 Å². The molecule has 0 fully saturated rings. The number of carbonyl (C=O) groups is 1. The molecule has 1 aromatic rings. The lowest BCUT2D eigenvalue weighted by Gasteiger charge is -2.10. The van der Waals surface area contributed by atoms with Crippen LogP contribution >= 0.6 is 11.3 Å². The van der Waals surface area contributed by atoms with Crippen LogP contribution in [0.2, 0.25) is 0 Å². The minimum Gasteiger partial charge on any atom is -0.387 e. The summed E-state index contributed by atoms with van der Waals surface area (Å²) in [5.41, 5.74) is 0.843. The molecule has 0 aliphatic carbocycles. The second-order valence-electron chi connectivity index (χ2n) is 3.21. The fourth-order valence-electron chi connectivity index (χ4n) is 1.07. The predicted octanol–water partition coefficient (Wildman–Crippen LogP) is 1.49. The van der Waals surface area contributed by atoms with Crippen LogP contribution in [0.4, 0.5) is 4.79 Å². The first kappa shape index (κ1) is 12.0. The molecule has 3 N–H and O–H groups in total. The third-order valence-corrected chi connectivity index (χ3v) is 2.62. The van der Waals surface area contributed by atoms with E-state index in [0.29, 0.717) is 6.54 Å². The Morgan fingerprint density at radius 2 is 2.40 bits per heavy atom. The van der Waals surface area contributed by atoms with Gasteiger partial charge in [0.1, 0.15) is 0 Å². The molecule has 1 heterocycles. The van der Waals surface area contributed by atoms with Gasteiger partial charge in [0.25, 0.3) is 0 Å². The molecule has 0 aliphatic heterocycles. The largest absolute Gasteiger partial charge is 0.387 e. The summed E-state index contributed by atoms with van der Waals surface area (Å²) in [4.78, 5) is 11.1. The van der Waals surface area contributed by atoms with Gasteiger partial charge in [-0.25, -0.2) is 4.79 Å². The molecule has 1 rings (SSSR count). The first-order chi connectivity index (χ1) is 7.24. The number of nitrogens with one attached hydrogen (secondary N) is 2. The van der Waals surface area contributed by atoms with Crippen molar-refractivity contribution in [1.82, 2.24) is 10.6 Å². The lowest BCUT2D eigenvalue weighted by molar-refractivity contribution is 0.173. The van der Waals surface area contributed by atoms with Crippen LogP contribution in [-0.2, 0) is 0 Å². The molecule has 5 heteroatoms. The summed E-state index contributed by atoms with van der Waals surface area (Å²) >= 11 is 1.53. The van der Waals surface area contributed by atoms with Crippen LogP contribution in [0.25, 0.3) is 0 Å². The minimum absolute atomic E-state index is 0.230. The molecule has 4 nitrogen and oxygen atoms in total. The smallest absolute Gasteiger partial charge is 0.314 e. The molecule has 1 aromatic heterocycles. The average Bonchev–Trinajstić information content (AvgIpc) is 2.76. The Kier molecular flexibility index (Phi) is 5.14. The quantitative estimate of drug-likeness (QED) is 0.715. The summed E-state index contributed by atoms with van der Waals surface area (Å²) in [6, 6.07) is 1.62. The Balaban J connectivity index is 2.22. The molecule has 0 radical (unpaired) electrons. The molecule has 84 valence electrons. The Labute approximate surface area is 93.3 Å². The van der Waals surface area contributed by atoms with Crippen molar-refractivity contribution in [3.8, 4) is 0 Å². The summed E-state index contributed by atoms with van der Waals surface area (Å²) in [5.74, 6) is 0. The molecule has 0 spiro atoms. The van der Waals surface area contributed by atoms with Crippen LogP contribution < -0.4 is 10.6 Å². The molecule has 0 saturated heterocycles. The van der Waals surface area contributed by atoms with E-state index in [1.54, 1.807) is 0 Å².